The Hall–Kier alpha value is -5.35. The first-order chi connectivity index (χ1) is 20.8. The lowest BCUT2D eigenvalue weighted by Gasteiger charge is -2.16. The van der Waals surface area contributed by atoms with E-state index in [1.54, 1.807) is 55.0 Å². The quantitative estimate of drug-likeness (QED) is 0.219. The number of pyridine rings is 2. The molecule has 0 saturated carbocycles. The first-order valence-electron chi connectivity index (χ1n) is 14.0. The van der Waals surface area contributed by atoms with E-state index in [1.165, 1.54) is 6.08 Å². The van der Waals surface area contributed by atoms with Gasteiger partial charge in [0.25, 0.3) is 5.91 Å². The van der Waals surface area contributed by atoms with Gasteiger partial charge in [-0.15, -0.1) is 0 Å². The molecule has 3 amide bonds. The lowest BCUT2D eigenvalue weighted by molar-refractivity contribution is -0.117. The van der Waals surface area contributed by atoms with Gasteiger partial charge < -0.3 is 25.8 Å². The number of anilines is 5. The molecule has 3 N–H and O–H groups in total. The van der Waals surface area contributed by atoms with Gasteiger partial charge in [-0.2, -0.15) is 0 Å². The zero-order valence-corrected chi connectivity index (χ0v) is 24.1. The van der Waals surface area contributed by atoms with E-state index in [2.05, 4.69) is 25.9 Å². The molecule has 0 spiro atoms. The van der Waals surface area contributed by atoms with Gasteiger partial charge in [0.05, 0.1) is 23.8 Å². The number of likely N-dealkylation sites (N-methyl/N-ethyl adjacent to an activating group) is 1. The lowest BCUT2D eigenvalue weighted by Crippen LogP contribution is -2.23. The molecule has 10 heteroatoms. The maximum Gasteiger partial charge on any atom is 0.255 e. The van der Waals surface area contributed by atoms with E-state index in [-0.39, 0.29) is 17.7 Å². The summed E-state index contributed by atoms with van der Waals surface area (Å²) in [4.78, 5) is 49.4. The largest absolute Gasteiger partial charge is 0.339 e. The molecular formula is C33H33N7O3. The van der Waals surface area contributed by atoms with E-state index in [0.717, 1.165) is 29.8 Å². The fourth-order valence-electron chi connectivity index (χ4n) is 4.58. The van der Waals surface area contributed by atoms with Crippen molar-refractivity contribution in [3.05, 3.63) is 103 Å². The molecule has 0 unspecified atom stereocenters. The molecule has 3 heterocycles. The summed E-state index contributed by atoms with van der Waals surface area (Å²) < 4.78 is 0. The molecule has 5 rings (SSSR count). The van der Waals surface area contributed by atoms with Crippen molar-refractivity contribution in [3.8, 4) is 11.1 Å². The number of aromatic nitrogens is 2. The van der Waals surface area contributed by atoms with Crippen LogP contribution >= 0.6 is 0 Å². The van der Waals surface area contributed by atoms with Crippen LogP contribution in [0.2, 0.25) is 0 Å². The third kappa shape index (κ3) is 7.90. The molecule has 1 aliphatic rings. The molecule has 43 heavy (non-hydrogen) atoms. The summed E-state index contributed by atoms with van der Waals surface area (Å²) in [5.74, 6) is 0.264. The normalized spacial score (nSPS) is 13.0. The van der Waals surface area contributed by atoms with Crippen LogP contribution in [0.3, 0.4) is 0 Å². The Labute approximate surface area is 250 Å². The first kappa shape index (κ1) is 29.2. The number of hydrogen-bond donors (Lipinski definition) is 3. The van der Waals surface area contributed by atoms with Crippen molar-refractivity contribution < 1.29 is 14.4 Å². The predicted molar refractivity (Wildman–Crippen MR) is 169 cm³/mol. The van der Waals surface area contributed by atoms with Gasteiger partial charge in [-0.3, -0.25) is 19.4 Å². The number of nitrogens with one attached hydrogen (secondary N) is 3. The van der Waals surface area contributed by atoms with Crippen molar-refractivity contribution in [2.45, 2.75) is 12.8 Å². The number of hydrogen-bond acceptors (Lipinski definition) is 7. The number of benzene rings is 2. The molecule has 0 bridgehead atoms. The van der Waals surface area contributed by atoms with Crippen LogP contribution < -0.4 is 20.9 Å². The monoisotopic (exact) mass is 575 g/mol. The molecule has 2 aromatic heterocycles. The molecule has 1 aliphatic heterocycles. The second-order valence-corrected chi connectivity index (χ2v) is 10.4. The minimum atomic E-state index is -0.301. The van der Waals surface area contributed by atoms with Gasteiger partial charge in [0.1, 0.15) is 5.82 Å². The molecule has 0 aliphatic carbocycles. The lowest BCUT2D eigenvalue weighted by atomic mass is 10.1. The van der Waals surface area contributed by atoms with Crippen molar-refractivity contribution in [1.29, 1.82) is 0 Å². The van der Waals surface area contributed by atoms with E-state index in [4.69, 9.17) is 0 Å². The van der Waals surface area contributed by atoms with Gasteiger partial charge in [0, 0.05) is 54.3 Å². The van der Waals surface area contributed by atoms with E-state index < -0.39 is 0 Å². The Morgan fingerprint density at radius 2 is 1.63 bits per heavy atom. The summed E-state index contributed by atoms with van der Waals surface area (Å²) in [5, 5.41) is 8.84. The highest BCUT2D eigenvalue weighted by Crippen LogP contribution is 2.27. The minimum absolute atomic E-state index is 0.170. The summed E-state index contributed by atoms with van der Waals surface area (Å²) >= 11 is 0. The first-order valence-corrected chi connectivity index (χ1v) is 14.0. The standard InChI is InChI=1S/C33H33N7O3/c1-39(2)17-3-5-31(41)37-26-12-7-24(8-13-26)33(43)38-28-19-27(21-34-22-28)36-30-16-11-25(20-35-30)23-9-14-29(15-10-23)40-18-4-6-32(40)42/h3,5,7-16,19-22H,4,6,17-18H2,1-2H3,(H,35,36)(H,37,41)(H,38,43)/b5-3+. The highest BCUT2D eigenvalue weighted by atomic mass is 16.2. The molecule has 0 atom stereocenters. The maximum absolute atomic E-state index is 12.8. The molecule has 10 nitrogen and oxygen atoms in total. The Bertz CT molecular complexity index is 1620. The third-order valence-electron chi connectivity index (χ3n) is 6.77. The summed E-state index contributed by atoms with van der Waals surface area (Å²) in [6, 6.07) is 20.2. The van der Waals surface area contributed by atoms with Crippen LogP contribution in [0.4, 0.5) is 28.6 Å². The number of nitrogens with zero attached hydrogens (tertiary/aromatic N) is 4. The highest BCUT2D eigenvalue weighted by Gasteiger charge is 2.21. The average Bonchev–Trinajstić information content (AvgIpc) is 3.43. The van der Waals surface area contributed by atoms with Crippen LogP contribution in [0.15, 0.2) is 97.5 Å². The van der Waals surface area contributed by atoms with E-state index >= 15 is 0 Å². The van der Waals surface area contributed by atoms with Crippen molar-refractivity contribution in [2.24, 2.45) is 0 Å². The molecule has 218 valence electrons. The molecule has 1 fully saturated rings. The van der Waals surface area contributed by atoms with E-state index in [9.17, 15) is 14.4 Å². The Morgan fingerprint density at radius 3 is 2.30 bits per heavy atom. The van der Waals surface area contributed by atoms with E-state index in [1.807, 2.05) is 60.3 Å². The van der Waals surface area contributed by atoms with Crippen LogP contribution in [0, 0.1) is 0 Å². The highest BCUT2D eigenvalue weighted by molar-refractivity contribution is 6.05. The molecule has 1 saturated heterocycles. The smallest absolute Gasteiger partial charge is 0.255 e. The van der Waals surface area contributed by atoms with Crippen molar-refractivity contribution in [1.82, 2.24) is 14.9 Å². The minimum Gasteiger partial charge on any atom is -0.339 e. The van der Waals surface area contributed by atoms with Crippen molar-refractivity contribution >= 4 is 46.3 Å². The van der Waals surface area contributed by atoms with Crippen LogP contribution in [0.1, 0.15) is 23.2 Å². The predicted octanol–water partition coefficient (Wildman–Crippen LogP) is 5.32. The van der Waals surface area contributed by atoms with Crippen molar-refractivity contribution in [2.75, 3.05) is 48.0 Å². The molecule has 4 aromatic rings. The zero-order chi connectivity index (χ0) is 30.2. The second kappa shape index (κ2) is 13.5. The van der Waals surface area contributed by atoms with Crippen LogP contribution in [0.5, 0.6) is 0 Å². The summed E-state index contributed by atoms with van der Waals surface area (Å²) in [6.45, 7) is 1.43. The summed E-state index contributed by atoms with van der Waals surface area (Å²) in [7, 11) is 3.85. The third-order valence-corrected chi connectivity index (χ3v) is 6.77. The number of carbonyl (C=O) groups excluding carboxylic acids is 3. The van der Waals surface area contributed by atoms with Gasteiger partial charge in [0.15, 0.2) is 0 Å². The van der Waals surface area contributed by atoms with Gasteiger partial charge in [0.2, 0.25) is 11.8 Å². The van der Waals surface area contributed by atoms with Gasteiger partial charge in [-0.1, -0.05) is 18.2 Å². The van der Waals surface area contributed by atoms with Gasteiger partial charge in [-0.05, 0) is 80.7 Å². The Balaban J connectivity index is 1.16. The Kier molecular flexibility index (Phi) is 9.18. The SMILES string of the molecule is CN(C)C/C=C/C(=O)Nc1ccc(C(=O)Nc2cncc(Nc3ccc(-c4ccc(N5CCCC5=O)cc4)cn3)c2)cc1. The Morgan fingerprint density at radius 1 is 0.884 bits per heavy atom. The molecule has 0 radical (unpaired) electrons. The van der Waals surface area contributed by atoms with Crippen LogP contribution in [0.25, 0.3) is 11.1 Å². The van der Waals surface area contributed by atoms with E-state index in [0.29, 0.717) is 41.4 Å². The molecule has 2 aromatic carbocycles. The van der Waals surface area contributed by atoms with Crippen LogP contribution in [-0.2, 0) is 9.59 Å². The fourth-order valence-corrected chi connectivity index (χ4v) is 4.58. The van der Waals surface area contributed by atoms with Crippen LogP contribution in [-0.4, -0.2) is 59.8 Å². The number of carbonyl (C=O) groups is 3. The fraction of sp³-hybridized carbons (Fsp3) is 0.182. The zero-order valence-electron chi connectivity index (χ0n) is 24.1. The van der Waals surface area contributed by atoms with Gasteiger partial charge >= 0.3 is 0 Å². The second-order valence-electron chi connectivity index (χ2n) is 10.4. The number of rotatable bonds is 10. The number of amides is 3. The summed E-state index contributed by atoms with van der Waals surface area (Å²) in [6.07, 6.45) is 9.76. The topological polar surface area (TPSA) is 120 Å². The van der Waals surface area contributed by atoms with Gasteiger partial charge in [-0.25, -0.2) is 4.98 Å². The average molecular weight is 576 g/mol. The summed E-state index contributed by atoms with van der Waals surface area (Å²) in [5.41, 5.74) is 5.10. The molecular weight excluding hydrogens is 542 g/mol. The van der Waals surface area contributed by atoms with Crippen molar-refractivity contribution in [3.63, 3.8) is 0 Å². The maximum atomic E-state index is 12.8.